The van der Waals surface area contributed by atoms with Crippen molar-refractivity contribution in [3.8, 4) is 11.5 Å². The standard InChI is InChI=1S/C27H33F3N4O2/c1-5-6-7-10-17-35-20-15-13-19(14-16-20)32-25-31-18-21(27(28,29)30)24(34-25)33-22-11-8-9-12-23(22)36-26(2,3)4/h8-9,11-16,18H,5-7,10,17H2,1-4H3,(H2,31,32,33,34). The summed E-state index contributed by atoms with van der Waals surface area (Å²) in [4.78, 5) is 8.01. The highest BCUT2D eigenvalue weighted by Gasteiger charge is 2.35. The minimum absolute atomic E-state index is 0.0213. The molecule has 1 heterocycles. The lowest BCUT2D eigenvalue weighted by molar-refractivity contribution is -0.137. The van der Waals surface area contributed by atoms with Gasteiger partial charge >= 0.3 is 6.18 Å². The van der Waals surface area contributed by atoms with Crippen LogP contribution in [0.5, 0.6) is 11.5 Å². The van der Waals surface area contributed by atoms with Crippen LogP contribution in [0.3, 0.4) is 0 Å². The molecular weight excluding hydrogens is 469 g/mol. The zero-order valence-corrected chi connectivity index (χ0v) is 21.1. The maximum absolute atomic E-state index is 13.7. The second-order valence-electron chi connectivity index (χ2n) is 9.35. The van der Waals surface area contributed by atoms with Gasteiger partial charge in [-0.3, -0.25) is 0 Å². The van der Waals surface area contributed by atoms with E-state index in [4.69, 9.17) is 9.47 Å². The Hall–Kier alpha value is -3.49. The molecule has 0 fully saturated rings. The zero-order chi connectivity index (χ0) is 26.2. The Labute approximate surface area is 210 Å². The van der Waals surface area contributed by atoms with Crippen LogP contribution in [0.1, 0.15) is 58.9 Å². The molecule has 0 saturated carbocycles. The lowest BCUT2D eigenvalue weighted by atomic mass is 10.2. The predicted octanol–water partition coefficient (Wildman–Crippen LogP) is 8.12. The number of rotatable bonds is 11. The number of halogens is 3. The van der Waals surface area contributed by atoms with Crippen LogP contribution in [0.25, 0.3) is 0 Å². The molecule has 9 heteroatoms. The van der Waals surface area contributed by atoms with E-state index in [9.17, 15) is 13.2 Å². The highest BCUT2D eigenvalue weighted by Crippen LogP contribution is 2.37. The van der Waals surface area contributed by atoms with E-state index >= 15 is 0 Å². The molecular formula is C27H33F3N4O2. The number of unbranched alkanes of at least 4 members (excludes halogenated alkanes) is 3. The largest absolute Gasteiger partial charge is 0.494 e. The Kier molecular flexibility index (Phi) is 9.01. The van der Waals surface area contributed by atoms with Gasteiger partial charge in [0, 0.05) is 11.9 Å². The first-order chi connectivity index (χ1) is 17.0. The van der Waals surface area contributed by atoms with Crippen molar-refractivity contribution in [3.63, 3.8) is 0 Å². The van der Waals surface area contributed by atoms with Gasteiger partial charge in [0.25, 0.3) is 0 Å². The molecule has 6 nitrogen and oxygen atoms in total. The van der Waals surface area contributed by atoms with E-state index in [1.165, 1.54) is 12.8 Å². The van der Waals surface area contributed by atoms with E-state index in [0.29, 0.717) is 23.7 Å². The number of alkyl halides is 3. The van der Waals surface area contributed by atoms with Crippen molar-refractivity contribution in [1.29, 1.82) is 0 Å². The average molecular weight is 503 g/mol. The van der Waals surface area contributed by atoms with E-state index in [1.54, 1.807) is 48.5 Å². The molecule has 2 N–H and O–H groups in total. The van der Waals surface area contributed by atoms with E-state index in [2.05, 4.69) is 27.5 Å². The summed E-state index contributed by atoms with van der Waals surface area (Å²) < 4.78 is 52.8. The van der Waals surface area contributed by atoms with Crippen molar-refractivity contribution in [1.82, 2.24) is 9.97 Å². The van der Waals surface area contributed by atoms with Crippen LogP contribution < -0.4 is 20.1 Å². The number of aromatic nitrogens is 2. The number of nitrogens with zero attached hydrogens (tertiary/aromatic N) is 2. The Morgan fingerprint density at radius 3 is 2.28 bits per heavy atom. The van der Waals surface area contributed by atoms with Crippen molar-refractivity contribution in [2.75, 3.05) is 17.2 Å². The van der Waals surface area contributed by atoms with Gasteiger partial charge in [0.05, 0.1) is 12.3 Å². The molecule has 194 valence electrons. The lowest BCUT2D eigenvalue weighted by Crippen LogP contribution is -2.23. The average Bonchev–Trinajstić information content (AvgIpc) is 2.80. The van der Waals surface area contributed by atoms with Crippen molar-refractivity contribution in [2.45, 2.75) is 65.2 Å². The number of hydrogen-bond donors (Lipinski definition) is 2. The molecule has 0 aliphatic heterocycles. The fourth-order valence-corrected chi connectivity index (χ4v) is 3.34. The molecule has 0 bridgehead atoms. The van der Waals surface area contributed by atoms with Gasteiger partial charge in [-0.05, 0) is 63.6 Å². The first-order valence-electron chi connectivity index (χ1n) is 12.0. The topological polar surface area (TPSA) is 68.3 Å². The van der Waals surface area contributed by atoms with Crippen LogP contribution in [-0.4, -0.2) is 22.2 Å². The van der Waals surface area contributed by atoms with Gasteiger partial charge in [-0.25, -0.2) is 4.98 Å². The molecule has 1 aromatic heterocycles. The van der Waals surface area contributed by atoms with Gasteiger partial charge in [-0.15, -0.1) is 0 Å². The third-order valence-corrected chi connectivity index (χ3v) is 5.03. The van der Waals surface area contributed by atoms with E-state index in [0.717, 1.165) is 24.8 Å². The second-order valence-corrected chi connectivity index (χ2v) is 9.35. The summed E-state index contributed by atoms with van der Waals surface area (Å²) in [5.74, 6) is 0.782. The van der Waals surface area contributed by atoms with Crippen LogP contribution in [0, 0.1) is 0 Å². The third kappa shape index (κ3) is 8.32. The molecule has 0 radical (unpaired) electrons. The second kappa shape index (κ2) is 12.0. The molecule has 36 heavy (non-hydrogen) atoms. The predicted molar refractivity (Wildman–Crippen MR) is 137 cm³/mol. The number of anilines is 4. The van der Waals surface area contributed by atoms with Crippen molar-refractivity contribution in [2.24, 2.45) is 0 Å². The number of benzene rings is 2. The Bertz CT molecular complexity index is 1110. The van der Waals surface area contributed by atoms with Gasteiger partial charge < -0.3 is 20.1 Å². The van der Waals surface area contributed by atoms with Gasteiger partial charge in [0.1, 0.15) is 28.5 Å². The maximum Gasteiger partial charge on any atom is 0.421 e. The number of nitrogens with one attached hydrogen (secondary N) is 2. The third-order valence-electron chi connectivity index (χ3n) is 5.03. The molecule has 0 aliphatic rings. The first-order valence-corrected chi connectivity index (χ1v) is 12.0. The fourth-order valence-electron chi connectivity index (χ4n) is 3.34. The molecule has 0 aliphatic carbocycles. The van der Waals surface area contributed by atoms with E-state index < -0.39 is 17.3 Å². The lowest BCUT2D eigenvalue weighted by Gasteiger charge is -2.24. The SMILES string of the molecule is CCCCCCOc1ccc(Nc2ncc(C(F)(F)F)c(Nc3ccccc3OC(C)(C)C)n2)cc1. The molecule has 0 amide bonds. The number of ether oxygens (including phenoxy) is 2. The normalized spacial score (nSPS) is 11.8. The molecule has 0 atom stereocenters. The van der Waals surface area contributed by atoms with Gasteiger partial charge in [0.2, 0.25) is 5.95 Å². The van der Waals surface area contributed by atoms with Crippen LogP contribution in [0.15, 0.2) is 54.7 Å². The first kappa shape index (κ1) is 27.1. The highest BCUT2D eigenvalue weighted by atomic mass is 19.4. The Morgan fingerprint density at radius 2 is 1.61 bits per heavy atom. The Balaban J connectivity index is 1.77. The van der Waals surface area contributed by atoms with Crippen LogP contribution in [0.2, 0.25) is 0 Å². The Morgan fingerprint density at radius 1 is 0.889 bits per heavy atom. The number of para-hydroxylation sites is 2. The van der Waals surface area contributed by atoms with E-state index in [-0.39, 0.29) is 11.8 Å². The highest BCUT2D eigenvalue weighted by molar-refractivity contribution is 5.67. The maximum atomic E-state index is 13.7. The van der Waals surface area contributed by atoms with Crippen molar-refractivity contribution >= 4 is 23.1 Å². The van der Waals surface area contributed by atoms with Crippen molar-refractivity contribution < 1.29 is 22.6 Å². The summed E-state index contributed by atoms with van der Waals surface area (Å²) in [5.41, 5.74) is -0.530. The van der Waals surface area contributed by atoms with E-state index in [1.807, 2.05) is 20.8 Å². The summed E-state index contributed by atoms with van der Waals surface area (Å²) in [6.45, 7) is 8.39. The minimum atomic E-state index is -4.64. The van der Waals surface area contributed by atoms with Gasteiger partial charge in [0.15, 0.2) is 0 Å². The molecule has 0 saturated heterocycles. The summed E-state index contributed by atoms with van der Waals surface area (Å²) in [5, 5.41) is 5.74. The van der Waals surface area contributed by atoms with Crippen molar-refractivity contribution in [3.05, 3.63) is 60.3 Å². The molecule has 0 unspecified atom stereocenters. The summed E-state index contributed by atoms with van der Waals surface area (Å²) in [7, 11) is 0. The molecule has 2 aromatic carbocycles. The molecule has 3 rings (SSSR count). The number of hydrogen-bond acceptors (Lipinski definition) is 6. The van der Waals surface area contributed by atoms with Gasteiger partial charge in [-0.2, -0.15) is 18.2 Å². The summed E-state index contributed by atoms with van der Waals surface area (Å²) >= 11 is 0. The van der Waals surface area contributed by atoms with Crippen LogP contribution in [-0.2, 0) is 6.18 Å². The smallest absolute Gasteiger partial charge is 0.421 e. The summed E-state index contributed by atoms with van der Waals surface area (Å²) in [6, 6.07) is 13.9. The quantitative estimate of drug-likeness (QED) is 0.258. The molecule has 3 aromatic rings. The summed E-state index contributed by atoms with van der Waals surface area (Å²) in [6.07, 6.45) is 0.596. The fraction of sp³-hybridized carbons (Fsp3) is 0.407. The van der Waals surface area contributed by atoms with Crippen LogP contribution >= 0.6 is 0 Å². The van der Waals surface area contributed by atoms with Crippen LogP contribution in [0.4, 0.5) is 36.3 Å². The minimum Gasteiger partial charge on any atom is -0.494 e. The molecule has 0 spiro atoms. The zero-order valence-electron chi connectivity index (χ0n) is 21.1. The monoisotopic (exact) mass is 502 g/mol. The van der Waals surface area contributed by atoms with Gasteiger partial charge in [-0.1, -0.05) is 38.3 Å².